The molecule has 1 atom stereocenters. The number of nitrogens with zero attached hydrogens (tertiary/aromatic N) is 6. The molecule has 262 valence electrons. The zero-order valence-corrected chi connectivity index (χ0v) is 31.3. The second-order valence-corrected chi connectivity index (χ2v) is 16.1. The average Bonchev–Trinajstić information content (AvgIpc) is 3.87. The summed E-state index contributed by atoms with van der Waals surface area (Å²) in [5, 5.41) is 7.40. The highest BCUT2D eigenvalue weighted by Gasteiger charge is 2.35. The number of hydrogen-bond donors (Lipinski definition) is 0. The summed E-state index contributed by atoms with van der Waals surface area (Å²) in [5.74, 6) is -0.686. The Bertz CT molecular complexity index is 2070. The Kier molecular flexibility index (Phi) is 9.63. The summed E-state index contributed by atoms with van der Waals surface area (Å²) in [4.78, 5) is 63.4. The van der Waals surface area contributed by atoms with Crippen molar-refractivity contribution >= 4 is 52.0 Å². The molecule has 0 aliphatic carbocycles. The molecule has 16 heteroatoms. The van der Waals surface area contributed by atoms with Crippen molar-refractivity contribution in [1.82, 2.24) is 29.8 Å². The molecular weight excluding hydrogens is 701 g/mol. The maximum atomic E-state index is 12.9. The fraction of sp³-hybridized carbons (Fsp3) is 0.412. The molecule has 6 heterocycles. The third-order valence-electron chi connectivity index (χ3n) is 7.29. The van der Waals surface area contributed by atoms with E-state index in [-0.39, 0.29) is 29.4 Å². The van der Waals surface area contributed by atoms with Crippen molar-refractivity contribution in [3.63, 3.8) is 0 Å². The van der Waals surface area contributed by atoms with Gasteiger partial charge in [-0.1, -0.05) is 0 Å². The lowest BCUT2D eigenvalue weighted by molar-refractivity contribution is 0.00628. The number of amides is 1. The van der Waals surface area contributed by atoms with Gasteiger partial charge >= 0.3 is 18.0 Å². The number of carbonyl (C=O) groups is 3. The monoisotopic (exact) mass is 736 g/mol. The van der Waals surface area contributed by atoms with E-state index in [0.717, 1.165) is 17.8 Å². The number of hydrogen-bond acceptors (Lipinski definition) is 15. The minimum atomic E-state index is -0.667. The van der Waals surface area contributed by atoms with Crippen LogP contribution in [0.4, 0.5) is 4.79 Å². The lowest BCUT2D eigenvalue weighted by Crippen LogP contribution is -2.36. The molecule has 1 fully saturated rings. The van der Waals surface area contributed by atoms with Gasteiger partial charge in [-0.15, -0.1) is 34.0 Å². The molecule has 5 aromatic rings. The molecule has 0 bridgehead atoms. The van der Waals surface area contributed by atoms with Crippen LogP contribution in [-0.4, -0.2) is 72.7 Å². The normalized spacial score (nSPS) is 15.0. The summed E-state index contributed by atoms with van der Waals surface area (Å²) in [5.41, 5.74) is 1.59. The van der Waals surface area contributed by atoms with Gasteiger partial charge in [0.15, 0.2) is 11.4 Å². The van der Waals surface area contributed by atoms with Crippen molar-refractivity contribution in [1.29, 1.82) is 0 Å². The van der Waals surface area contributed by atoms with Crippen LogP contribution in [0.2, 0.25) is 0 Å². The maximum absolute atomic E-state index is 12.9. The molecule has 0 unspecified atom stereocenters. The molecule has 0 spiro atoms. The predicted octanol–water partition coefficient (Wildman–Crippen LogP) is 8.23. The fourth-order valence-electron chi connectivity index (χ4n) is 5.16. The van der Waals surface area contributed by atoms with Crippen molar-refractivity contribution in [2.75, 3.05) is 13.7 Å². The number of oxazole rings is 1. The van der Waals surface area contributed by atoms with Gasteiger partial charge < -0.3 is 18.6 Å². The molecule has 0 aromatic carbocycles. The Hall–Kier alpha value is -4.54. The number of esters is 2. The molecule has 1 amide bonds. The average molecular weight is 737 g/mol. The van der Waals surface area contributed by atoms with Gasteiger partial charge in [0.25, 0.3) is 0 Å². The molecule has 50 heavy (non-hydrogen) atoms. The number of rotatable bonds is 7. The molecule has 1 aliphatic heterocycles. The number of carbonyl (C=O) groups excluding carboxylic acids is 3. The predicted molar refractivity (Wildman–Crippen MR) is 189 cm³/mol. The third kappa shape index (κ3) is 7.61. The van der Waals surface area contributed by atoms with E-state index in [9.17, 15) is 14.4 Å². The number of ether oxygens (including phenoxy) is 3. The van der Waals surface area contributed by atoms with E-state index in [1.54, 1.807) is 50.1 Å². The Morgan fingerprint density at radius 1 is 0.820 bits per heavy atom. The summed E-state index contributed by atoms with van der Waals surface area (Å²) in [6, 6.07) is 3.34. The van der Waals surface area contributed by atoms with Crippen molar-refractivity contribution in [2.45, 2.75) is 78.6 Å². The highest BCUT2D eigenvalue weighted by atomic mass is 32.1. The van der Waals surface area contributed by atoms with Crippen molar-refractivity contribution in [2.24, 2.45) is 0 Å². The molecule has 5 aromatic heterocycles. The number of thiazole rings is 3. The molecule has 1 aliphatic rings. The molecule has 13 nitrogen and oxygen atoms in total. The molecule has 0 radical (unpaired) electrons. The van der Waals surface area contributed by atoms with E-state index in [2.05, 4.69) is 9.97 Å². The van der Waals surface area contributed by atoms with Crippen LogP contribution in [0.5, 0.6) is 0 Å². The first-order valence-electron chi connectivity index (χ1n) is 15.8. The summed E-state index contributed by atoms with van der Waals surface area (Å²) in [6.45, 7) is 13.2. The van der Waals surface area contributed by atoms with Gasteiger partial charge in [-0.3, -0.25) is 4.90 Å². The zero-order valence-electron chi connectivity index (χ0n) is 28.9. The summed E-state index contributed by atoms with van der Waals surface area (Å²) >= 11 is 4.13. The number of aryl methyl sites for hydroxylation is 1. The van der Waals surface area contributed by atoms with E-state index < -0.39 is 23.1 Å². The lowest BCUT2D eigenvalue weighted by Gasteiger charge is -2.27. The number of likely N-dealkylation sites (tertiary alicyclic amines) is 1. The quantitative estimate of drug-likeness (QED) is 0.117. The Labute approximate surface area is 300 Å². The first-order chi connectivity index (χ1) is 23.6. The summed E-state index contributed by atoms with van der Waals surface area (Å²) in [6.07, 6.45) is 1.31. The van der Waals surface area contributed by atoms with Gasteiger partial charge in [-0.25, -0.2) is 39.3 Å². The van der Waals surface area contributed by atoms with E-state index in [1.165, 1.54) is 41.1 Å². The second kappa shape index (κ2) is 13.6. The number of pyridine rings is 1. The van der Waals surface area contributed by atoms with Gasteiger partial charge in [-0.05, 0) is 73.4 Å². The van der Waals surface area contributed by atoms with E-state index >= 15 is 0 Å². The topological polar surface area (TPSA) is 160 Å². The van der Waals surface area contributed by atoms with E-state index in [4.69, 9.17) is 33.6 Å². The van der Waals surface area contributed by atoms with Crippen molar-refractivity contribution in [3.8, 4) is 44.2 Å². The van der Waals surface area contributed by atoms with Gasteiger partial charge in [0.2, 0.25) is 5.89 Å². The maximum Gasteiger partial charge on any atom is 0.410 e. The van der Waals surface area contributed by atoms with Crippen LogP contribution in [0.1, 0.15) is 92.2 Å². The highest BCUT2D eigenvalue weighted by Crippen LogP contribution is 2.39. The highest BCUT2D eigenvalue weighted by molar-refractivity contribution is 7.14. The van der Waals surface area contributed by atoms with Crippen LogP contribution in [-0.2, 0) is 14.2 Å². The zero-order chi connectivity index (χ0) is 36.0. The third-order valence-corrected chi connectivity index (χ3v) is 9.96. The molecule has 0 N–H and O–H groups in total. The van der Waals surface area contributed by atoms with Gasteiger partial charge in [0.05, 0.1) is 24.4 Å². The summed E-state index contributed by atoms with van der Waals surface area (Å²) < 4.78 is 21.9. The SMILES string of the molecule is COC(=O)c1nc(-c2ccc(-c3nc(C(=O)OC(C)(C)C)cs3)nc2-c2csc(-c3csc([C@@H]4CCCN4C(=O)OC(C)(C)C)n3)n2)oc1C. The van der Waals surface area contributed by atoms with E-state index in [1.807, 2.05) is 31.5 Å². The minimum absolute atomic E-state index is 0.0563. The van der Waals surface area contributed by atoms with Gasteiger partial charge in [-0.2, -0.15) is 0 Å². The minimum Gasteiger partial charge on any atom is -0.464 e. The number of aromatic nitrogens is 5. The first-order valence-corrected chi connectivity index (χ1v) is 18.4. The van der Waals surface area contributed by atoms with Crippen LogP contribution in [0.25, 0.3) is 44.2 Å². The van der Waals surface area contributed by atoms with Crippen molar-refractivity contribution < 1.29 is 33.0 Å². The fourth-order valence-corrected chi connectivity index (χ4v) is 7.71. The summed E-state index contributed by atoms with van der Waals surface area (Å²) in [7, 11) is 1.28. The molecular formula is C34H36N6O7S3. The second-order valence-electron chi connectivity index (χ2n) is 13.5. The van der Waals surface area contributed by atoms with E-state index in [0.29, 0.717) is 50.7 Å². The van der Waals surface area contributed by atoms with Gasteiger partial charge in [0, 0.05) is 22.7 Å². The van der Waals surface area contributed by atoms with Crippen molar-refractivity contribution in [3.05, 3.63) is 50.4 Å². The van der Waals surface area contributed by atoms with Crippen LogP contribution >= 0.6 is 34.0 Å². The van der Waals surface area contributed by atoms with Gasteiger partial charge in [0.1, 0.15) is 49.1 Å². The van der Waals surface area contributed by atoms with Crippen LogP contribution < -0.4 is 0 Å². The Morgan fingerprint density at radius 2 is 1.52 bits per heavy atom. The molecule has 1 saturated heterocycles. The first kappa shape index (κ1) is 35.3. The Balaban J connectivity index is 1.35. The van der Waals surface area contributed by atoms with Crippen LogP contribution in [0.15, 0.2) is 32.7 Å². The van der Waals surface area contributed by atoms with Crippen LogP contribution in [0.3, 0.4) is 0 Å². The molecule has 0 saturated carbocycles. The smallest absolute Gasteiger partial charge is 0.410 e. The molecule has 6 rings (SSSR count). The Morgan fingerprint density at radius 3 is 2.24 bits per heavy atom. The number of methoxy groups -OCH3 is 1. The lowest BCUT2D eigenvalue weighted by atomic mass is 10.1. The largest absolute Gasteiger partial charge is 0.464 e. The van der Waals surface area contributed by atoms with Crippen LogP contribution in [0, 0.1) is 6.92 Å². The standard InChI is InChI=1S/C34H36N6O7S3/c1-17-24(31(42)44-8)39-26(45-17)18-11-12-19(27-38-22(16-49-27)30(41)46-33(2,3)4)35-25(18)20-14-48-28(36-20)21-15-50-29(37-21)23-10-9-13-40(23)32(43)47-34(5,6)7/h11-12,14-16,23H,9-10,13H2,1-8H3/t23-/m0/s1.